The van der Waals surface area contributed by atoms with E-state index in [1.165, 1.54) is 0 Å². The Bertz CT molecular complexity index is 1500. The van der Waals surface area contributed by atoms with Gasteiger partial charge in [-0.15, -0.1) is 0 Å². The van der Waals surface area contributed by atoms with Gasteiger partial charge >= 0.3 is 0 Å². The Morgan fingerprint density at radius 2 is 1.81 bits per heavy atom. The second kappa shape index (κ2) is 10.8. The molecular weight excluding hydrogens is 534 g/mol. The van der Waals surface area contributed by atoms with Crippen LogP contribution in [0.4, 0.5) is 0 Å². The highest BCUT2D eigenvalue weighted by Crippen LogP contribution is 2.41. The van der Waals surface area contributed by atoms with Crippen molar-refractivity contribution in [3.8, 4) is 11.5 Å². The summed E-state index contributed by atoms with van der Waals surface area (Å²) in [6, 6.07) is 20.2. The quantitative estimate of drug-likeness (QED) is 0.217. The second-order valence-electron chi connectivity index (χ2n) is 9.06. The first kappa shape index (κ1) is 25.1. The molecule has 0 fully saturated rings. The molecule has 1 aromatic heterocycles. The fourth-order valence-corrected chi connectivity index (χ4v) is 5.13. The molecule has 0 saturated heterocycles. The number of halogens is 1. The van der Waals surface area contributed by atoms with E-state index in [1.54, 1.807) is 30.2 Å². The first-order valence-electron chi connectivity index (χ1n) is 12.4. The third-order valence-corrected chi connectivity index (χ3v) is 7.16. The number of ether oxygens (including phenoxy) is 2. The van der Waals surface area contributed by atoms with Gasteiger partial charge in [0.2, 0.25) is 5.76 Å². The van der Waals surface area contributed by atoms with Crippen molar-refractivity contribution in [1.29, 1.82) is 0 Å². The second-order valence-corrected chi connectivity index (χ2v) is 9.98. The number of nitrogens with zero attached hydrogens (tertiary/aromatic N) is 1. The van der Waals surface area contributed by atoms with Gasteiger partial charge in [-0.3, -0.25) is 9.59 Å². The Labute approximate surface area is 223 Å². The molecule has 7 heteroatoms. The Balaban J connectivity index is 1.61. The van der Waals surface area contributed by atoms with Crippen molar-refractivity contribution >= 4 is 32.8 Å². The number of benzene rings is 3. The highest BCUT2D eigenvalue weighted by molar-refractivity contribution is 9.10. The molecular formula is C30H28BrNO5. The molecule has 6 nitrogen and oxygen atoms in total. The van der Waals surface area contributed by atoms with Crippen LogP contribution in [-0.2, 0) is 6.42 Å². The van der Waals surface area contributed by atoms with Gasteiger partial charge in [-0.1, -0.05) is 65.7 Å². The standard InChI is InChI=1S/C30H28BrNO5/c1-3-4-16-36-24-12-10-20(17-25(24)35-2)27-26-28(33)22-18-21(31)11-13-23(22)37-29(26)30(34)32(27)15-14-19-8-6-5-7-9-19/h5-13,17-18,27H,3-4,14-16H2,1-2H3. The van der Waals surface area contributed by atoms with Crippen molar-refractivity contribution in [2.24, 2.45) is 0 Å². The van der Waals surface area contributed by atoms with Gasteiger partial charge in [0.05, 0.1) is 30.7 Å². The SMILES string of the molecule is CCCCOc1ccc(C2c3c(oc4ccc(Br)cc4c3=O)C(=O)N2CCc2ccccc2)cc1OC. The number of fused-ring (bicyclic) bond motifs is 2. The van der Waals surface area contributed by atoms with Crippen molar-refractivity contribution in [3.05, 3.63) is 104 Å². The Hall–Kier alpha value is -3.58. The fraction of sp³-hybridized carbons (Fsp3) is 0.267. The average molecular weight is 562 g/mol. The van der Waals surface area contributed by atoms with E-state index in [2.05, 4.69) is 22.9 Å². The summed E-state index contributed by atoms with van der Waals surface area (Å²) in [5, 5.41) is 0.433. The van der Waals surface area contributed by atoms with E-state index in [0.29, 0.717) is 47.6 Å². The molecule has 0 N–H and O–H groups in total. The number of unbranched alkanes of at least 4 members (excludes halogenated alkanes) is 1. The molecule has 1 aliphatic heterocycles. The Morgan fingerprint density at radius 3 is 2.57 bits per heavy atom. The van der Waals surface area contributed by atoms with E-state index in [0.717, 1.165) is 28.4 Å². The van der Waals surface area contributed by atoms with Crippen LogP contribution in [0.5, 0.6) is 11.5 Å². The van der Waals surface area contributed by atoms with Crippen LogP contribution in [0.2, 0.25) is 0 Å². The number of hydrogen-bond donors (Lipinski definition) is 0. The number of hydrogen-bond acceptors (Lipinski definition) is 5. The number of amides is 1. The van der Waals surface area contributed by atoms with E-state index >= 15 is 0 Å². The zero-order valence-corrected chi connectivity index (χ0v) is 22.4. The summed E-state index contributed by atoms with van der Waals surface area (Å²) in [6.07, 6.45) is 2.61. The minimum Gasteiger partial charge on any atom is -0.493 e. The predicted octanol–water partition coefficient (Wildman–Crippen LogP) is 6.53. The summed E-state index contributed by atoms with van der Waals surface area (Å²) in [4.78, 5) is 29.2. The average Bonchev–Trinajstić information content (AvgIpc) is 3.20. The smallest absolute Gasteiger partial charge is 0.290 e. The third-order valence-electron chi connectivity index (χ3n) is 6.67. The summed E-state index contributed by atoms with van der Waals surface area (Å²) in [7, 11) is 1.59. The van der Waals surface area contributed by atoms with Gasteiger partial charge in [-0.25, -0.2) is 0 Å². The first-order valence-corrected chi connectivity index (χ1v) is 13.2. The first-order chi connectivity index (χ1) is 18.0. The molecule has 0 bridgehead atoms. The van der Waals surface area contributed by atoms with Crippen LogP contribution in [0.25, 0.3) is 11.0 Å². The van der Waals surface area contributed by atoms with E-state index < -0.39 is 6.04 Å². The molecule has 0 aliphatic carbocycles. The van der Waals surface area contributed by atoms with Crippen molar-refractivity contribution in [2.75, 3.05) is 20.3 Å². The maximum Gasteiger partial charge on any atom is 0.290 e. The van der Waals surface area contributed by atoms with Gasteiger partial charge < -0.3 is 18.8 Å². The molecule has 1 amide bonds. The fourth-order valence-electron chi connectivity index (χ4n) is 4.76. The third kappa shape index (κ3) is 4.88. The summed E-state index contributed by atoms with van der Waals surface area (Å²) >= 11 is 3.45. The van der Waals surface area contributed by atoms with E-state index in [9.17, 15) is 9.59 Å². The zero-order valence-electron chi connectivity index (χ0n) is 20.8. The molecule has 1 unspecified atom stereocenters. The highest BCUT2D eigenvalue weighted by Gasteiger charge is 2.42. The lowest BCUT2D eigenvalue weighted by atomic mass is 9.97. The van der Waals surface area contributed by atoms with Crippen LogP contribution < -0.4 is 14.9 Å². The van der Waals surface area contributed by atoms with E-state index in [-0.39, 0.29) is 17.1 Å². The molecule has 1 atom stereocenters. The van der Waals surface area contributed by atoms with Gasteiger partial charge in [0.15, 0.2) is 16.9 Å². The lowest BCUT2D eigenvalue weighted by Gasteiger charge is -2.26. The lowest BCUT2D eigenvalue weighted by Crippen LogP contribution is -2.31. The summed E-state index contributed by atoms with van der Waals surface area (Å²) in [6.45, 7) is 3.12. The predicted molar refractivity (Wildman–Crippen MR) is 147 cm³/mol. The van der Waals surface area contributed by atoms with Gasteiger partial charge in [0.1, 0.15) is 5.58 Å². The highest BCUT2D eigenvalue weighted by atomic mass is 79.9. The van der Waals surface area contributed by atoms with Gasteiger partial charge in [-0.05, 0) is 54.3 Å². The van der Waals surface area contributed by atoms with Crippen LogP contribution in [0, 0.1) is 0 Å². The van der Waals surface area contributed by atoms with Crippen LogP contribution in [0.1, 0.15) is 53.1 Å². The maximum atomic E-state index is 13.8. The number of carbonyl (C=O) groups excluding carboxylic acids is 1. The normalized spacial score (nSPS) is 14.7. The van der Waals surface area contributed by atoms with Crippen molar-refractivity contribution < 1.29 is 18.7 Å². The number of carbonyl (C=O) groups is 1. The number of methoxy groups -OCH3 is 1. The summed E-state index contributed by atoms with van der Waals surface area (Å²) < 4.78 is 18.4. The zero-order chi connectivity index (χ0) is 25.9. The molecule has 5 rings (SSSR count). The van der Waals surface area contributed by atoms with Crippen molar-refractivity contribution in [2.45, 2.75) is 32.2 Å². The van der Waals surface area contributed by atoms with Crippen LogP contribution >= 0.6 is 15.9 Å². The molecule has 0 radical (unpaired) electrons. The molecule has 1 aliphatic rings. The lowest BCUT2D eigenvalue weighted by molar-refractivity contribution is 0.0730. The molecule has 37 heavy (non-hydrogen) atoms. The Morgan fingerprint density at radius 1 is 1.00 bits per heavy atom. The molecule has 4 aromatic rings. The Kier molecular flexibility index (Phi) is 7.33. The molecule has 3 aromatic carbocycles. The maximum absolute atomic E-state index is 13.8. The summed E-state index contributed by atoms with van der Waals surface area (Å²) in [5.74, 6) is 1.00. The van der Waals surface area contributed by atoms with E-state index in [1.807, 2.05) is 48.5 Å². The van der Waals surface area contributed by atoms with Crippen LogP contribution in [-0.4, -0.2) is 31.1 Å². The minimum atomic E-state index is -0.607. The van der Waals surface area contributed by atoms with Gasteiger partial charge in [-0.2, -0.15) is 0 Å². The van der Waals surface area contributed by atoms with Crippen LogP contribution in [0.15, 0.2) is 80.4 Å². The van der Waals surface area contributed by atoms with Crippen molar-refractivity contribution in [3.63, 3.8) is 0 Å². The minimum absolute atomic E-state index is 0.0973. The van der Waals surface area contributed by atoms with Crippen LogP contribution in [0.3, 0.4) is 0 Å². The molecule has 0 saturated carbocycles. The van der Waals surface area contributed by atoms with E-state index in [4.69, 9.17) is 13.9 Å². The van der Waals surface area contributed by atoms with Crippen molar-refractivity contribution in [1.82, 2.24) is 4.90 Å². The molecule has 190 valence electrons. The van der Waals surface area contributed by atoms with Gasteiger partial charge in [0.25, 0.3) is 5.91 Å². The molecule has 2 heterocycles. The monoisotopic (exact) mass is 561 g/mol. The summed E-state index contributed by atoms with van der Waals surface area (Å²) in [5.41, 5.74) is 2.41. The molecule has 0 spiro atoms. The largest absolute Gasteiger partial charge is 0.493 e. The topological polar surface area (TPSA) is 69.0 Å². The number of rotatable bonds is 9. The van der Waals surface area contributed by atoms with Gasteiger partial charge in [0, 0.05) is 11.0 Å².